The van der Waals surface area contributed by atoms with Crippen molar-refractivity contribution in [3.63, 3.8) is 0 Å². The summed E-state index contributed by atoms with van der Waals surface area (Å²) in [7, 11) is 0. The lowest BCUT2D eigenvalue weighted by Crippen LogP contribution is -2.41. The monoisotopic (exact) mass is 175 g/mol. The number of ketones is 1. The van der Waals surface area contributed by atoms with Crippen LogP contribution in [0.15, 0.2) is 0 Å². The topological polar surface area (TPSA) is 66.4 Å². The molecule has 4 nitrogen and oxygen atoms in total. The predicted molar refractivity (Wildman–Crippen MR) is 38.7 cm³/mol. The minimum atomic E-state index is -1.49. The molecule has 1 rings (SSSR count). The smallest absolute Gasteiger partial charge is 0.404 e. The van der Waals surface area contributed by atoms with Gasteiger partial charge in [-0.2, -0.15) is 0 Å². The van der Waals surface area contributed by atoms with Crippen LogP contribution in [-0.2, 0) is 4.79 Å². The van der Waals surface area contributed by atoms with Crippen molar-refractivity contribution < 1.29 is 19.1 Å². The highest BCUT2D eigenvalue weighted by molar-refractivity contribution is 5.84. The summed E-state index contributed by atoms with van der Waals surface area (Å²) in [5.74, 6) is -0.418. The maximum Gasteiger partial charge on any atom is 0.404 e. The van der Waals surface area contributed by atoms with Crippen LogP contribution >= 0.6 is 0 Å². The van der Waals surface area contributed by atoms with Crippen LogP contribution in [0.1, 0.15) is 19.3 Å². The standard InChI is InChI=1S/C7H10FNO3/c8-5-3-4(9-7(11)12)1-2-6(5)10/h4-5,9H,1-3H2,(H,11,12)/t4-,5+/m1/s1. The lowest BCUT2D eigenvalue weighted by Gasteiger charge is -2.22. The quantitative estimate of drug-likeness (QED) is 0.616. The van der Waals surface area contributed by atoms with Gasteiger partial charge >= 0.3 is 6.09 Å². The highest BCUT2D eigenvalue weighted by Gasteiger charge is 2.28. The number of carbonyl (C=O) groups is 2. The molecular formula is C7H10FNO3. The Bertz CT molecular complexity index is 207. The van der Waals surface area contributed by atoms with E-state index in [4.69, 9.17) is 5.11 Å². The number of amides is 1. The molecule has 0 aromatic carbocycles. The Hall–Kier alpha value is -1.13. The molecule has 0 heterocycles. The highest BCUT2D eigenvalue weighted by atomic mass is 19.1. The van der Waals surface area contributed by atoms with Crippen molar-refractivity contribution in [3.05, 3.63) is 0 Å². The molecule has 0 saturated heterocycles. The molecular weight excluding hydrogens is 165 g/mol. The summed E-state index contributed by atoms with van der Waals surface area (Å²) in [5, 5.41) is 10.5. The molecule has 68 valence electrons. The second-order valence-electron chi connectivity index (χ2n) is 2.85. The normalized spacial score (nSPS) is 29.9. The number of carboxylic acid groups (broad SMARTS) is 1. The zero-order valence-electron chi connectivity index (χ0n) is 6.42. The van der Waals surface area contributed by atoms with E-state index in [1.807, 2.05) is 0 Å². The maximum absolute atomic E-state index is 12.7. The van der Waals surface area contributed by atoms with Gasteiger partial charge in [-0.25, -0.2) is 9.18 Å². The molecule has 12 heavy (non-hydrogen) atoms. The fourth-order valence-electron chi connectivity index (χ4n) is 1.28. The van der Waals surface area contributed by atoms with E-state index in [1.165, 1.54) is 0 Å². The first-order chi connectivity index (χ1) is 5.59. The number of nitrogens with one attached hydrogen (secondary N) is 1. The van der Waals surface area contributed by atoms with E-state index < -0.39 is 24.1 Å². The average Bonchev–Trinajstić information content (AvgIpc) is 1.96. The first-order valence-corrected chi connectivity index (χ1v) is 3.76. The van der Waals surface area contributed by atoms with Crippen LogP contribution in [0.4, 0.5) is 9.18 Å². The van der Waals surface area contributed by atoms with Crippen molar-refractivity contribution in [1.82, 2.24) is 5.32 Å². The van der Waals surface area contributed by atoms with Crippen LogP contribution in [0.2, 0.25) is 0 Å². The second kappa shape index (κ2) is 3.51. The zero-order valence-corrected chi connectivity index (χ0v) is 6.42. The van der Waals surface area contributed by atoms with E-state index in [2.05, 4.69) is 5.32 Å². The van der Waals surface area contributed by atoms with Gasteiger partial charge in [-0.05, 0) is 6.42 Å². The van der Waals surface area contributed by atoms with Gasteiger partial charge in [0.1, 0.15) is 0 Å². The molecule has 0 spiro atoms. The molecule has 0 aliphatic heterocycles. The zero-order chi connectivity index (χ0) is 9.14. The largest absolute Gasteiger partial charge is 0.465 e. The van der Waals surface area contributed by atoms with E-state index in [9.17, 15) is 14.0 Å². The number of Topliss-reactive ketones (excluding diaryl/α,β-unsaturated/α-hetero) is 1. The number of carbonyl (C=O) groups excluding carboxylic acids is 1. The van der Waals surface area contributed by atoms with E-state index in [1.54, 1.807) is 0 Å². The maximum atomic E-state index is 12.7. The molecule has 1 amide bonds. The molecule has 0 radical (unpaired) electrons. The Morgan fingerprint density at radius 2 is 2.33 bits per heavy atom. The van der Waals surface area contributed by atoms with Gasteiger partial charge in [0, 0.05) is 18.9 Å². The summed E-state index contributed by atoms with van der Waals surface area (Å²) in [6.45, 7) is 0. The second-order valence-corrected chi connectivity index (χ2v) is 2.85. The van der Waals surface area contributed by atoms with Crippen LogP contribution in [0.3, 0.4) is 0 Å². The molecule has 1 aliphatic rings. The predicted octanol–water partition coefficient (Wildman–Crippen LogP) is 0.714. The van der Waals surface area contributed by atoms with Crippen molar-refractivity contribution >= 4 is 11.9 Å². The lowest BCUT2D eigenvalue weighted by molar-refractivity contribution is -0.126. The average molecular weight is 175 g/mol. The summed E-state index contributed by atoms with van der Waals surface area (Å²) in [5.41, 5.74) is 0. The van der Waals surface area contributed by atoms with E-state index in [-0.39, 0.29) is 12.8 Å². The first-order valence-electron chi connectivity index (χ1n) is 3.76. The highest BCUT2D eigenvalue weighted by Crippen LogP contribution is 2.17. The third-order valence-electron chi connectivity index (χ3n) is 1.91. The van der Waals surface area contributed by atoms with Gasteiger partial charge in [0.25, 0.3) is 0 Å². The summed E-state index contributed by atoms with van der Waals surface area (Å²) in [6, 6.07) is -0.407. The molecule has 0 aromatic heterocycles. The van der Waals surface area contributed by atoms with Gasteiger partial charge in [0.05, 0.1) is 0 Å². The number of halogens is 1. The number of hydrogen-bond donors (Lipinski definition) is 2. The molecule has 1 aliphatic carbocycles. The fraction of sp³-hybridized carbons (Fsp3) is 0.714. The van der Waals surface area contributed by atoms with E-state index in [0.29, 0.717) is 6.42 Å². The SMILES string of the molecule is O=C(O)N[C@@H]1CCC(=O)[C@@H](F)C1. The minimum absolute atomic E-state index is 0.0227. The first kappa shape index (κ1) is 8.96. The van der Waals surface area contributed by atoms with Crippen LogP contribution in [0, 0.1) is 0 Å². The van der Waals surface area contributed by atoms with Crippen LogP contribution in [-0.4, -0.2) is 29.2 Å². The van der Waals surface area contributed by atoms with Gasteiger partial charge in [-0.15, -0.1) is 0 Å². The molecule has 0 unspecified atom stereocenters. The minimum Gasteiger partial charge on any atom is -0.465 e. The Kier molecular flexibility index (Phi) is 2.62. The molecule has 2 N–H and O–H groups in total. The summed E-state index contributed by atoms with van der Waals surface area (Å²) in [4.78, 5) is 20.8. The van der Waals surface area contributed by atoms with E-state index >= 15 is 0 Å². The van der Waals surface area contributed by atoms with Crippen molar-refractivity contribution in [2.75, 3.05) is 0 Å². The van der Waals surface area contributed by atoms with Gasteiger partial charge in [-0.3, -0.25) is 4.79 Å². The van der Waals surface area contributed by atoms with E-state index in [0.717, 1.165) is 0 Å². The Morgan fingerprint density at radius 3 is 2.83 bits per heavy atom. The van der Waals surface area contributed by atoms with Crippen LogP contribution < -0.4 is 5.32 Å². The molecule has 0 aromatic rings. The molecule has 0 bridgehead atoms. The summed E-state index contributed by atoms with van der Waals surface area (Å²) in [6.07, 6.45) is -2.14. The Balaban J connectivity index is 2.40. The van der Waals surface area contributed by atoms with Crippen molar-refractivity contribution in [3.8, 4) is 0 Å². The molecule has 1 saturated carbocycles. The van der Waals surface area contributed by atoms with Gasteiger partial charge in [0.15, 0.2) is 12.0 Å². The summed E-state index contributed by atoms with van der Waals surface area (Å²) >= 11 is 0. The third kappa shape index (κ3) is 2.18. The molecule has 5 heteroatoms. The van der Waals surface area contributed by atoms with Gasteiger partial charge in [0.2, 0.25) is 0 Å². The Morgan fingerprint density at radius 1 is 1.67 bits per heavy atom. The summed E-state index contributed by atoms with van der Waals surface area (Å²) < 4.78 is 12.7. The number of alkyl halides is 1. The fourth-order valence-corrected chi connectivity index (χ4v) is 1.28. The number of hydrogen-bond acceptors (Lipinski definition) is 2. The molecule has 2 atom stereocenters. The molecule has 1 fully saturated rings. The van der Waals surface area contributed by atoms with Crippen molar-refractivity contribution in [2.24, 2.45) is 0 Å². The van der Waals surface area contributed by atoms with Crippen molar-refractivity contribution in [2.45, 2.75) is 31.5 Å². The number of rotatable bonds is 1. The van der Waals surface area contributed by atoms with Gasteiger partial charge < -0.3 is 10.4 Å². The lowest BCUT2D eigenvalue weighted by atomic mass is 9.93. The Labute approximate surface area is 68.8 Å². The van der Waals surface area contributed by atoms with Gasteiger partial charge in [-0.1, -0.05) is 0 Å². The van der Waals surface area contributed by atoms with Crippen LogP contribution in [0.25, 0.3) is 0 Å². The third-order valence-corrected chi connectivity index (χ3v) is 1.91. The van der Waals surface area contributed by atoms with Crippen molar-refractivity contribution in [1.29, 1.82) is 0 Å². The van der Waals surface area contributed by atoms with Crippen LogP contribution in [0.5, 0.6) is 0 Å².